The molecule has 1 aromatic rings. The number of carbonyl (C=O) groups is 3. The van der Waals surface area contributed by atoms with E-state index in [0.717, 1.165) is 0 Å². The number of benzene rings is 1. The van der Waals surface area contributed by atoms with Gasteiger partial charge in [-0.3, -0.25) is 4.79 Å². The molecule has 1 aromatic carbocycles. The molecule has 1 fully saturated rings. The molecule has 1 saturated heterocycles. The molecular weight excluding hydrogens is 280 g/mol. The Morgan fingerprint density at radius 3 is 2.29 bits per heavy atom. The maximum Gasteiger partial charge on any atom is 0.338 e. The fourth-order valence-corrected chi connectivity index (χ4v) is 2.54. The quantitative estimate of drug-likeness (QED) is 0.616. The molecule has 7 nitrogen and oxygen atoms in total. The van der Waals surface area contributed by atoms with E-state index in [9.17, 15) is 19.5 Å². The standard InChI is InChI=1S/C14H12O7/c1-19-13(17)7-3-5-6(4-8(7)14(18)20-2)10(16)12-11(21-12)9(5)15/h3-4,9,11-12,15H,1-2H3/t9-,11-,12+/m0/s1. The van der Waals surface area contributed by atoms with Crippen molar-refractivity contribution in [1.29, 1.82) is 0 Å². The van der Waals surface area contributed by atoms with Gasteiger partial charge in [-0.25, -0.2) is 9.59 Å². The molecule has 3 atom stereocenters. The zero-order valence-electron chi connectivity index (χ0n) is 11.3. The lowest BCUT2D eigenvalue weighted by atomic mass is 9.85. The van der Waals surface area contributed by atoms with Gasteiger partial charge in [0.05, 0.1) is 25.3 Å². The Morgan fingerprint density at radius 2 is 1.71 bits per heavy atom. The van der Waals surface area contributed by atoms with Crippen molar-refractivity contribution < 1.29 is 33.7 Å². The number of fused-ring (bicyclic) bond motifs is 2. The van der Waals surface area contributed by atoms with Gasteiger partial charge in [0.15, 0.2) is 5.78 Å². The number of epoxide rings is 1. The smallest absolute Gasteiger partial charge is 0.338 e. The number of methoxy groups -OCH3 is 2. The summed E-state index contributed by atoms with van der Waals surface area (Å²) in [6.45, 7) is 0. The number of aliphatic hydroxyl groups excluding tert-OH is 1. The predicted octanol–water partition coefficient (Wildman–Crippen LogP) is 0.257. The molecule has 0 amide bonds. The lowest BCUT2D eigenvalue weighted by molar-refractivity contribution is 0.0554. The molecule has 0 spiro atoms. The zero-order valence-corrected chi connectivity index (χ0v) is 11.3. The molecule has 1 aliphatic carbocycles. The average molecular weight is 292 g/mol. The Balaban J connectivity index is 2.20. The highest BCUT2D eigenvalue weighted by Crippen LogP contribution is 2.43. The van der Waals surface area contributed by atoms with Crippen molar-refractivity contribution in [1.82, 2.24) is 0 Å². The molecule has 1 aliphatic heterocycles. The maximum absolute atomic E-state index is 12.1. The number of Topliss-reactive ketones (excluding diaryl/α,β-unsaturated/α-hetero) is 1. The molecular formula is C14H12O7. The normalized spacial score (nSPS) is 25.7. The van der Waals surface area contributed by atoms with Crippen LogP contribution in [0.15, 0.2) is 12.1 Å². The fourth-order valence-electron chi connectivity index (χ4n) is 2.54. The van der Waals surface area contributed by atoms with Gasteiger partial charge in [0, 0.05) is 5.56 Å². The minimum Gasteiger partial charge on any atom is -0.465 e. The van der Waals surface area contributed by atoms with Crippen LogP contribution >= 0.6 is 0 Å². The lowest BCUT2D eigenvalue weighted by Gasteiger charge is -2.19. The van der Waals surface area contributed by atoms with Crippen molar-refractivity contribution in [3.8, 4) is 0 Å². The molecule has 3 rings (SSSR count). The second kappa shape index (κ2) is 4.64. The van der Waals surface area contributed by atoms with Crippen molar-refractivity contribution in [2.24, 2.45) is 0 Å². The SMILES string of the molecule is COC(=O)c1cc2c(cc1C(=O)OC)[C@H](O)[C@@H]1O[C@@H]1C2=O. The number of esters is 2. The van der Waals surface area contributed by atoms with Gasteiger partial charge in [0.25, 0.3) is 0 Å². The van der Waals surface area contributed by atoms with E-state index in [-0.39, 0.29) is 28.0 Å². The highest BCUT2D eigenvalue weighted by molar-refractivity contribution is 6.09. The third kappa shape index (κ3) is 1.93. The summed E-state index contributed by atoms with van der Waals surface area (Å²) in [5, 5.41) is 10.1. The minimum atomic E-state index is -1.02. The van der Waals surface area contributed by atoms with Crippen LogP contribution in [0.2, 0.25) is 0 Å². The average Bonchev–Trinajstić information content (AvgIpc) is 3.30. The van der Waals surface area contributed by atoms with E-state index < -0.39 is 30.3 Å². The van der Waals surface area contributed by atoms with E-state index in [1.54, 1.807) is 0 Å². The molecule has 0 aromatic heterocycles. The Kier molecular flexibility index (Phi) is 3.03. The van der Waals surface area contributed by atoms with E-state index in [2.05, 4.69) is 9.47 Å². The van der Waals surface area contributed by atoms with Crippen LogP contribution in [0.3, 0.4) is 0 Å². The number of aliphatic hydroxyl groups is 1. The number of carbonyl (C=O) groups excluding carboxylic acids is 3. The van der Waals surface area contributed by atoms with Gasteiger partial charge in [0.1, 0.15) is 18.3 Å². The van der Waals surface area contributed by atoms with Gasteiger partial charge in [-0.2, -0.15) is 0 Å². The molecule has 0 bridgehead atoms. The Bertz CT molecular complexity index is 664. The number of rotatable bonds is 2. The molecule has 0 unspecified atom stereocenters. The van der Waals surface area contributed by atoms with Crippen LogP contribution in [-0.2, 0) is 14.2 Å². The van der Waals surface area contributed by atoms with Crippen LogP contribution in [0.4, 0.5) is 0 Å². The summed E-state index contributed by atoms with van der Waals surface area (Å²) in [4.78, 5) is 35.7. The molecule has 0 radical (unpaired) electrons. The summed E-state index contributed by atoms with van der Waals surface area (Å²) in [6.07, 6.45) is -2.28. The van der Waals surface area contributed by atoms with E-state index in [4.69, 9.17) is 4.74 Å². The van der Waals surface area contributed by atoms with Crippen LogP contribution < -0.4 is 0 Å². The van der Waals surface area contributed by atoms with Gasteiger partial charge in [-0.05, 0) is 17.7 Å². The van der Waals surface area contributed by atoms with E-state index in [0.29, 0.717) is 0 Å². The maximum atomic E-state index is 12.1. The summed E-state index contributed by atoms with van der Waals surface area (Å²) in [6, 6.07) is 2.53. The molecule has 7 heteroatoms. The van der Waals surface area contributed by atoms with Crippen molar-refractivity contribution in [3.05, 3.63) is 34.4 Å². The van der Waals surface area contributed by atoms with Gasteiger partial charge >= 0.3 is 11.9 Å². The first-order chi connectivity index (χ1) is 9.99. The Hall–Kier alpha value is -2.25. The Labute approximate surface area is 119 Å². The summed E-state index contributed by atoms with van der Waals surface area (Å²) in [5.41, 5.74) is 0.276. The first-order valence-corrected chi connectivity index (χ1v) is 6.22. The van der Waals surface area contributed by atoms with E-state index in [1.807, 2.05) is 0 Å². The molecule has 1 N–H and O–H groups in total. The third-order valence-electron chi connectivity index (χ3n) is 3.68. The topological polar surface area (TPSA) is 102 Å². The fraction of sp³-hybridized carbons (Fsp3) is 0.357. The number of hydrogen-bond acceptors (Lipinski definition) is 7. The minimum absolute atomic E-state index is 0.0611. The van der Waals surface area contributed by atoms with Gasteiger partial charge in [-0.15, -0.1) is 0 Å². The number of ketones is 1. The Morgan fingerprint density at radius 1 is 1.14 bits per heavy atom. The largest absolute Gasteiger partial charge is 0.465 e. The number of hydrogen-bond donors (Lipinski definition) is 1. The monoisotopic (exact) mass is 292 g/mol. The molecule has 1 heterocycles. The predicted molar refractivity (Wildman–Crippen MR) is 67.1 cm³/mol. The van der Waals surface area contributed by atoms with E-state index >= 15 is 0 Å². The van der Waals surface area contributed by atoms with Crippen molar-refractivity contribution in [2.45, 2.75) is 18.3 Å². The number of ether oxygens (including phenoxy) is 3. The lowest BCUT2D eigenvalue weighted by Crippen LogP contribution is -2.26. The summed E-state index contributed by atoms with van der Waals surface area (Å²) in [5.74, 6) is -1.84. The van der Waals surface area contributed by atoms with Crippen LogP contribution in [0.1, 0.15) is 42.7 Å². The van der Waals surface area contributed by atoms with Crippen LogP contribution in [0.5, 0.6) is 0 Å². The summed E-state index contributed by atoms with van der Waals surface area (Å²) < 4.78 is 14.3. The summed E-state index contributed by atoms with van der Waals surface area (Å²) >= 11 is 0. The third-order valence-corrected chi connectivity index (χ3v) is 3.68. The van der Waals surface area contributed by atoms with Crippen LogP contribution in [-0.4, -0.2) is 49.3 Å². The van der Waals surface area contributed by atoms with Gasteiger partial charge < -0.3 is 19.3 Å². The first-order valence-electron chi connectivity index (χ1n) is 6.22. The molecule has 0 saturated carbocycles. The van der Waals surface area contributed by atoms with Crippen molar-refractivity contribution in [2.75, 3.05) is 14.2 Å². The van der Waals surface area contributed by atoms with Crippen LogP contribution in [0.25, 0.3) is 0 Å². The highest BCUT2D eigenvalue weighted by Gasteiger charge is 2.55. The molecule has 110 valence electrons. The van der Waals surface area contributed by atoms with Gasteiger partial charge in [0.2, 0.25) is 0 Å². The van der Waals surface area contributed by atoms with Crippen molar-refractivity contribution in [3.63, 3.8) is 0 Å². The highest BCUT2D eigenvalue weighted by atomic mass is 16.6. The van der Waals surface area contributed by atoms with Gasteiger partial charge in [-0.1, -0.05) is 0 Å². The molecule has 2 aliphatic rings. The molecule has 21 heavy (non-hydrogen) atoms. The first kappa shape index (κ1) is 13.7. The summed E-state index contributed by atoms with van der Waals surface area (Å²) in [7, 11) is 2.34. The van der Waals surface area contributed by atoms with Crippen LogP contribution in [0, 0.1) is 0 Å². The van der Waals surface area contributed by atoms with E-state index in [1.165, 1.54) is 26.4 Å². The van der Waals surface area contributed by atoms with Crippen molar-refractivity contribution >= 4 is 17.7 Å². The second-order valence-corrected chi connectivity index (χ2v) is 4.80. The zero-order chi connectivity index (χ0) is 15.3. The second-order valence-electron chi connectivity index (χ2n) is 4.80.